The highest BCUT2D eigenvalue weighted by Gasteiger charge is 2.18. The molecule has 0 saturated heterocycles. The first-order valence-corrected chi connectivity index (χ1v) is 7.00. The summed E-state index contributed by atoms with van der Waals surface area (Å²) in [4.78, 5) is 0.427. The van der Waals surface area contributed by atoms with Crippen LogP contribution in [0.1, 0.15) is 19.4 Å². The van der Waals surface area contributed by atoms with Crippen molar-refractivity contribution >= 4 is 9.84 Å². The summed E-state index contributed by atoms with van der Waals surface area (Å²) in [7, 11) is -1.26. The topological polar surface area (TPSA) is 46.2 Å². The number of nitrogens with one attached hydrogen (secondary N) is 1. The van der Waals surface area contributed by atoms with E-state index >= 15 is 0 Å². The largest absolute Gasteiger partial charge is 0.319 e. The van der Waals surface area contributed by atoms with Crippen molar-refractivity contribution < 1.29 is 8.42 Å². The van der Waals surface area contributed by atoms with Crippen LogP contribution < -0.4 is 5.32 Å². The molecule has 0 fully saturated rings. The van der Waals surface area contributed by atoms with Crippen molar-refractivity contribution in [1.82, 2.24) is 5.32 Å². The van der Waals surface area contributed by atoms with Crippen molar-refractivity contribution in [1.29, 1.82) is 0 Å². The van der Waals surface area contributed by atoms with Crippen LogP contribution in [0.4, 0.5) is 0 Å². The van der Waals surface area contributed by atoms with Crippen LogP contribution in [0.5, 0.6) is 0 Å². The highest BCUT2D eigenvalue weighted by atomic mass is 32.2. The van der Waals surface area contributed by atoms with Gasteiger partial charge in [0, 0.05) is 0 Å². The SMILES string of the molecule is CNCCc1cccc(S(=O)(=O)C(C)C)c1. The summed E-state index contributed by atoms with van der Waals surface area (Å²) in [5.41, 5.74) is 1.05. The molecule has 0 radical (unpaired) electrons. The molecule has 1 N–H and O–H groups in total. The minimum atomic E-state index is -3.14. The van der Waals surface area contributed by atoms with Gasteiger partial charge in [-0.05, 0) is 51.6 Å². The van der Waals surface area contributed by atoms with E-state index in [0.717, 1.165) is 18.5 Å². The van der Waals surface area contributed by atoms with Crippen LogP contribution in [0.3, 0.4) is 0 Å². The highest BCUT2D eigenvalue weighted by Crippen LogP contribution is 2.17. The van der Waals surface area contributed by atoms with Gasteiger partial charge < -0.3 is 5.32 Å². The fourth-order valence-electron chi connectivity index (χ4n) is 1.42. The van der Waals surface area contributed by atoms with Gasteiger partial charge in [0.25, 0.3) is 0 Å². The third kappa shape index (κ3) is 3.06. The molecule has 0 aliphatic heterocycles. The Morgan fingerprint density at radius 1 is 1.31 bits per heavy atom. The molecule has 16 heavy (non-hydrogen) atoms. The molecular weight excluding hydrogens is 222 g/mol. The zero-order valence-electron chi connectivity index (χ0n) is 10.0. The highest BCUT2D eigenvalue weighted by molar-refractivity contribution is 7.92. The molecule has 0 bridgehead atoms. The Morgan fingerprint density at radius 3 is 2.56 bits per heavy atom. The summed E-state index contributed by atoms with van der Waals surface area (Å²) in [5.74, 6) is 0. The molecule has 0 aliphatic rings. The number of hydrogen-bond acceptors (Lipinski definition) is 3. The number of sulfone groups is 1. The van der Waals surface area contributed by atoms with Crippen molar-refractivity contribution in [3.63, 3.8) is 0 Å². The van der Waals surface area contributed by atoms with Gasteiger partial charge in [-0.15, -0.1) is 0 Å². The van der Waals surface area contributed by atoms with E-state index in [4.69, 9.17) is 0 Å². The van der Waals surface area contributed by atoms with Gasteiger partial charge >= 0.3 is 0 Å². The summed E-state index contributed by atoms with van der Waals surface area (Å²) in [6.07, 6.45) is 0.845. The van der Waals surface area contributed by atoms with Crippen LogP contribution in [0, 0.1) is 0 Å². The molecule has 1 aromatic carbocycles. The molecule has 90 valence electrons. The van der Waals surface area contributed by atoms with E-state index in [-0.39, 0.29) is 5.25 Å². The molecule has 0 unspecified atom stereocenters. The summed E-state index contributed by atoms with van der Waals surface area (Å²) >= 11 is 0. The monoisotopic (exact) mass is 241 g/mol. The lowest BCUT2D eigenvalue weighted by molar-refractivity contribution is 0.587. The van der Waals surface area contributed by atoms with E-state index in [1.54, 1.807) is 32.0 Å². The molecule has 0 aromatic heterocycles. The Hall–Kier alpha value is -0.870. The van der Waals surface area contributed by atoms with Gasteiger partial charge in [0.15, 0.2) is 9.84 Å². The molecule has 1 aromatic rings. The van der Waals surface area contributed by atoms with Gasteiger partial charge in [-0.3, -0.25) is 0 Å². The van der Waals surface area contributed by atoms with Gasteiger partial charge in [-0.1, -0.05) is 12.1 Å². The fourth-order valence-corrected chi connectivity index (χ4v) is 2.55. The molecule has 0 atom stereocenters. The van der Waals surface area contributed by atoms with Crippen molar-refractivity contribution in [3.8, 4) is 0 Å². The molecule has 0 aliphatic carbocycles. The maximum atomic E-state index is 11.9. The van der Waals surface area contributed by atoms with Crippen molar-refractivity contribution in [2.45, 2.75) is 30.4 Å². The molecule has 4 heteroatoms. The van der Waals surface area contributed by atoms with E-state index in [1.807, 2.05) is 13.1 Å². The Kier molecular flexibility index (Phi) is 4.50. The van der Waals surface area contributed by atoms with Crippen molar-refractivity contribution in [3.05, 3.63) is 29.8 Å². The van der Waals surface area contributed by atoms with Crippen LogP contribution in [-0.2, 0) is 16.3 Å². The van der Waals surface area contributed by atoms with Gasteiger partial charge in [0.2, 0.25) is 0 Å². The second-order valence-corrected chi connectivity index (χ2v) is 6.60. The Balaban J connectivity index is 2.99. The minimum Gasteiger partial charge on any atom is -0.319 e. The quantitative estimate of drug-likeness (QED) is 0.852. The Bertz CT molecular complexity index is 438. The lowest BCUT2D eigenvalue weighted by atomic mass is 10.1. The maximum absolute atomic E-state index is 11.9. The van der Waals surface area contributed by atoms with Crippen LogP contribution in [-0.4, -0.2) is 27.3 Å². The first-order chi connectivity index (χ1) is 7.48. The van der Waals surface area contributed by atoms with E-state index in [9.17, 15) is 8.42 Å². The van der Waals surface area contributed by atoms with Crippen LogP contribution in [0.25, 0.3) is 0 Å². The van der Waals surface area contributed by atoms with E-state index < -0.39 is 9.84 Å². The predicted octanol–water partition coefficient (Wildman–Crippen LogP) is 1.63. The minimum absolute atomic E-state index is 0.368. The Morgan fingerprint density at radius 2 is 2.00 bits per heavy atom. The first kappa shape index (κ1) is 13.2. The number of likely N-dealkylation sites (N-methyl/N-ethyl adjacent to an activating group) is 1. The lowest BCUT2D eigenvalue weighted by Crippen LogP contribution is -2.15. The summed E-state index contributed by atoms with van der Waals surface area (Å²) < 4.78 is 23.9. The zero-order valence-corrected chi connectivity index (χ0v) is 10.8. The Labute approximate surface area is 97.8 Å². The van der Waals surface area contributed by atoms with Crippen LogP contribution >= 0.6 is 0 Å². The van der Waals surface area contributed by atoms with Gasteiger partial charge in [0.05, 0.1) is 10.1 Å². The summed E-state index contributed by atoms with van der Waals surface area (Å²) in [6, 6.07) is 7.20. The molecule has 1 rings (SSSR count). The van der Waals surface area contributed by atoms with E-state index in [0.29, 0.717) is 4.90 Å². The average molecular weight is 241 g/mol. The standard InChI is InChI=1S/C12H19NO2S/c1-10(2)16(14,15)12-6-4-5-11(9-12)7-8-13-3/h4-6,9-10,13H,7-8H2,1-3H3. The smallest absolute Gasteiger partial charge is 0.180 e. The zero-order chi connectivity index (χ0) is 12.2. The first-order valence-electron chi connectivity index (χ1n) is 5.46. The van der Waals surface area contributed by atoms with E-state index in [2.05, 4.69) is 5.32 Å². The fraction of sp³-hybridized carbons (Fsp3) is 0.500. The van der Waals surface area contributed by atoms with Crippen LogP contribution in [0.15, 0.2) is 29.2 Å². The van der Waals surface area contributed by atoms with Crippen LogP contribution in [0.2, 0.25) is 0 Å². The molecule has 0 saturated carbocycles. The average Bonchev–Trinajstić information content (AvgIpc) is 2.26. The maximum Gasteiger partial charge on any atom is 0.180 e. The lowest BCUT2D eigenvalue weighted by Gasteiger charge is -2.09. The van der Waals surface area contributed by atoms with Gasteiger partial charge in [0.1, 0.15) is 0 Å². The second-order valence-electron chi connectivity index (χ2n) is 4.09. The normalized spacial score (nSPS) is 12.0. The summed E-state index contributed by atoms with van der Waals surface area (Å²) in [5, 5.41) is 2.68. The second kappa shape index (κ2) is 5.46. The third-order valence-electron chi connectivity index (χ3n) is 2.51. The predicted molar refractivity (Wildman–Crippen MR) is 66.4 cm³/mol. The molecule has 0 amide bonds. The van der Waals surface area contributed by atoms with Crippen molar-refractivity contribution in [2.24, 2.45) is 0 Å². The van der Waals surface area contributed by atoms with Crippen molar-refractivity contribution in [2.75, 3.05) is 13.6 Å². The number of benzene rings is 1. The molecule has 0 heterocycles. The number of rotatable bonds is 5. The van der Waals surface area contributed by atoms with Gasteiger partial charge in [-0.25, -0.2) is 8.42 Å². The third-order valence-corrected chi connectivity index (χ3v) is 4.66. The number of hydrogen-bond donors (Lipinski definition) is 1. The van der Waals surface area contributed by atoms with Gasteiger partial charge in [-0.2, -0.15) is 0 Å². The van der Waals surface area contributed by atoms with E-state index in [1.165, 1.54) is 0 Å². The summed E-state index contributed by atoms with van der Waals surface area (Å²) in [6.45, 7) is 4.26. The molecular formula is C12H19NO2S. The molecule has 0 spiro atoms. The molecule has 3 nitrogen and oxygen atoms in total.